The van der Waals surface area contributed by atoms with E-state index in [1.165, 1.54) is 38.5 Å². The first-order valence-electron chi connectivity index (χ1n) is 7.12. The smallest absolute Gasteiger partial charge is 0.0254 e. The lowest BCUT2D eigenvalue weighted by atomic mass is 9.91. The minimum absolute atomic E-state index is 0.00219. The molecule has 0 saturated heterocycles. The summed E-state index contributed by atoms with van der Waals surface area (Å²) in [7, 11) is 0. The van der Waals surface area contributed by atoms with Gasteiger partial charge in [-0.25, -0.2) is 0 Å². The number of nitrogens with two attached hydrogens (primary N) is 1. The van der Waals surface area contributed by atoms with Crippen LogP contribution in [0, 0.1) is 0 Å². The van der Waals surface area contributed by atoms with Crippen molar-refractivity contribution in [1.82, 2.24) is 4.90 Å². The second-order valence-corrected chi connectivity index (χ2v) is 5.76. The molecule has 2 heteroatoms. The Hall–Kier alpha value is -0.0800. The van der Waals surface area contributed by atoms with Crippen molar-refractivity contribution in [2.75, 3.05) is 13.1 Å². The van der Waals surface area contributed by atoms with Crippen LogP contribution in [0.3, 0.4) is 0 Å². The van der Waals surface area contributed by atoms with Crippen molar-refractivity contribution >= 4 is 0 Å². The molecule has 0 spiro atoms. The maximum atomic E-state index is 6.37. The molecular formula is C14H30N2. The van der Waals surface area contributed by atoms with Crippen molar-refractivity contribution in [2.45, 2.75) is 77.3 Å². The molecule has 1 atom stereocenters. The van der Waals surface area contributed by atoms with E-state index in [1.54, 1.807) is 0 Å². The predicted molar refractivity (Wildman–Crippen MR) is 71.6 cm³/mol. The minimum Gasteiger partial charge on any atom is -0.324 e. The third-order valence-corrected chi connectivity index (χ3v) is 3.88. The summed E-state index contributed by atoms with van der Waals surface area (Å²) in [5, 5.41) is 0. The maximum Gasteiger partial charge on any atom is 0.0254 e. The molecule has 0 heterocycles. The molecular weight excluding hydrogens is 196 g/mol. The molecule has 1 rings (SSSR count). The van der Waals surface area contributed by atoms with Gasteiger partial charge in [0.2, 0.25) is 0 Å². The fourth-order valence-corrected chi connectivity index (χ4v) is 3.06. The van der Waals surface area contributed by atoms with Gasteiger partial charge in [0, 0.05) is 18.1 Å². The zero-order chi connectivity index (χ0) is 12.0. The van der Waals surface area contributed by atoms with E-state index in [1.807, 2.05) is 0 Å². The molecule has 96 valence electrons. The first-order valence-corrected chi connectivity index (χ1v) is 7.12. The maximum absolute atomic E-state index is 6.37. The first-order chi connectivity index (χ1) is 7.59. The molecule has 0 aromatic heterocycles. The van der Waals surface area contributed by atoms with Crippen molar-refractivity contribution in [3.63, 3.8) is 0 Å². The Morgan fingerprint density at radius 3 is 2.31 bits per heavy atom. The Labute approximate surface area is 102 Å². The highest BCUT2D eigenvalue weighted by atomic mass is 15.2. The van der Waals surface area contributed by atoms with Gasteiger partial charge in [-0.2, -0.15) is 0 Å². The van der Waals surface area contributed by atoms with Gasteiger partial charge in [-0.05, 0) is 32.7 Å². The fraction of sp³-hybridized carbons (Fsp3) is 1.00. The van der Waals surface area contributed by atoms with E-state index in [4.69, 9.17) is 5.73 Å². The van der Waals surface area contributed by atoms with E-state index < -0.39 is 0 Å². The van der Waals surface area contributed by atoms with E-state index in [9.17, 15) is 0 Å². The Bertz CT molecular complexity index is 183. The molecule has 16 heavy (non-hydrogen) atoms. The summed E-state index contributed by atoms with van der Waals surface area (Å²) in [5.74, 6) is 0. The standard InChI is InChI=1S/C14H30N2/c1-4-11-14(3,15)12-16(5-2)13-9-7-6-8-10-13/h13H,4-12,15H2,1-3H3. The van der Waals surface area contributed by atoms with Gasteiger partial charge in [0.05, 0.1) is 0 Å². The van der Waals surface area contributed by atoms with Gasteiger partial charge in [-0.15, -0.1) is 0 Å². The van der Waals surface area contributed by atoms with Gasteiger partial charge in [-0.3, -0.25) is 4.90 Å². The Morgan fingerprint density at radius 1 is 1.19 bits per heavy atom. The molecule has 0 aromatic carbocycles. The van der Waals surface area contributed by atoms with Crippen molar-refractivity contribution in [3.8, 4) is 0 Å². The van der Waals surface area contributed by atoms with Crippen LogP contribution in [0.1, 0.15) is 65.7 Å². The van der Waals surface area contributed by atoms with Crippen molar-refractivity contribution < 1.29 is 0 Å². The summed E-state index contributed by atoms with van der Waals surface area (Å²) in [4.78, 5) is 2.62. The molecule has 0 aliphatic heterocycles. The number of hydrogen-bond donors (Lipinski definition) is 1. The van der Waals surface area contributed by atoms with E-state index in [2.05, 4.69) is 25.7 Å². The molecule has 1 aliphatic rings. The highest BCUT2D eigenvalue weighted by Crippen LogP contribution is 2.24. The summed E-state index contributed by atoms with van der Waals surface area (Å²) in [6.45, 7) is 8.93. The number of likely N-dealkylation sites (N-methyl/N-ethyl adjacent to an activating group) is 1. The van der Waals surface area contributed by atoms with Gasteiger partial charge < -0.3 is 5.73 Å². The third-order valence-electron chi connectivity index (χ3n) is 3.88. The average molecular weight is 226 g/mol. The Balaban J connectivity index is 2.46. The number of rotatable bonds is 6. The van der Waals surface area contributed by atoms with Crippen molar-refractivity contribution in [1.29, 1.82) is 0 Å². The van der Waals surface area contributed by atoms with Crippen LogP contribution in [-0.2, 0) is 0 Å². The summed E-state index contributed by atoms with van der Waals surface area (Å²) in [6.07, 6.45) is 9.35. The monoisotopic (exact) mass is 226 g/mol. The molecule has 2 N–H and O–H groups in total. The second kappa shape index (κ2) is 6.61. The van der Waals surface area contributed by atoms with Gasteiger partial charge in [0.25, 0.3) is 0 Å². The van der Waals surface area contributed by atoms with Gasteiger partial charge >= 0.3 is 0 Å². The van der Waals surface area contributed by atoms with Crippen LogP contribution in [-0.4, -0.2) is 29.6 Å². The van der Waals surface area contributed by atoms with Crippen LogP contribution in [0.4, 0.5) is 0 Å². The number of hydrogen-bond acceptors (Lipinski definition) is 2. The van der Waals surface area contributed by atoms with Crippen LogP contribution in [0.25, 0.3) is 0 Å². The normalized spacial score (nSPS) is 22.3. The van der Waals surface area contributed by atoms with Gasteiger partial charge in [0.1, 0.15) is 0 Å². The first kappa shape index (κ1) is 14.0. The highest BCUT2D eigenvalue weighted by Gasteiger charge is 2.26. The molecule has 0 amide bonds. The quantitative estimate of drug-likeness (QED) is 0.754. The topological polar surface area (TPSA) is 29.3 Å². The van der Waals surface area contributed by atoms with Crippen LogP contribution >= 0.6 is 0 Å². The fourth-order valence-electron chi connectivity index (χ4n) is 3.06. The average Bonchev–Trinajstić information content (AvgIpc) is 2.27. The summed E-state index contributed by atoms with van der Waals surface area (Å²) >= 11 is 0. The molecule has 1 fully saturated rings. The third kappa shape index (κ3) is 4.42. The lowest BCUT2D eigenvalue weighted by molar-refractivity contribution is 0.129. The summed E-state index contributed by atoms with van der Waals surface area (Å²) in [5.41, 5.74) is 6.37. The molecule has 0 radical (unpaired) electrons. The molecule has 1 saturated carbocycles. The minimum atomic E-state index is 0.00219. The molecule has 1 aliphatic carbocycles. The summed E-state index contributed by atoms with van der Waals surface area (Å²) < 4.78 is 0. The Morgan fingerprint density at radius 2 is 1.81 bits per heavy atom. The van der Waals surface area contributed by atoms with Gasteiger partial charge in [0.15, 0.2) is 0 Å². The van der Waals surface area contributed by atoms with Crippen LogP contribution < -0.4 is 5.73 Å². The largest absolute Gasteiger partial charge is 0.324 e. The van der Waals surface area contributed by atoms with E-state index in [0.717, 1.165) is 25.6 Å². The lowest BCUT2D eigenvalue weighted by Gasteiger charge is -2.38. The zero-order valence-corrected chi connectivity index (χ0v) is 11.5. The van der Waals surface area contributed by atoms with Crippen molar-refractivity contribution in [3.05, 3.63) is 0 Å². The zero-order valence-electron chi connectivity index (χ0n) is 11.5. The highest BCUT2D eigenvalue weighted by molar-refractivity contribution is 4.85. The lowest BCUT2D eigenvalue weighted by Crippen LogP contribution is -2.51. The van der Waals surface area contributed by atoms with Crippen LogP contribution in [0.15, 0.2) is 0 Å². The molecule has 1 unspecified atom stereocenters. The van der Waals surface area contributed by atoms with E-state index in [0.29, 0.717) is 0 Å². The van der Waals surface area contributed by atoms with E-state index in [-0.39, 0.29) is 5.54 Å². The molecule has 0 aromatic rings. The van der Waals surface area contributed by atoms with Gasteiger partial charge in [-0.1, -0.05) is 39.5 Å². The SMILES string of the molecule is CCCC(C)(N)CN(CC)C1CCCCC1. The summed E-state index contributed by atoms with van der Waals surface area (Å²) in [6, 6.07) is 0.804. The predicted octanol–water partition coefficient (Wildman–Crippen LogP) is 3.16. The van der Waals surface area contributed by atoms with E-state index >= 15 is 0 Å². The second-order valence-electron chi connectivity index (χ2n) is 5.76. The Kier molecular flexibility index (Phi) is 5.77. The van der Waals surface area contributed by atoms with Crippen molar-refractivity contribution in [2.24, 2.45) is 5.73 Å². The van der Waals surface area contributed by atoms with Crippen LogP contribution in [0.5, 0.6) is 0 Å². The van der Waals surface area contributed by atoms with Crippen LogP contribution in [0.2, 0.25) is 0 Å². The molecule has 0 bridgehead atoms. The number of nitrogens with zero attached hydrogens (tertiary/aromatic N) is 1. The molecule has 2 nitrogen and oxygen atoms in total.